The summed E-state index contributed by atoms with van der Waals surface area (Å²) in [5.41, 5.74) is 4.52. The van der Waals surface area contributed by atoms with E-state index in [-0.39, 0.29) is 0 Å². The third-order valence-corrected chi connectivity index (χ3v) is 4.85. The maximum Gasteiger partial charge on any atom is 0.0354 e. The van der Waals surface area contributed by atoms with E-state index in [0.717, 1.165) is 19.0 Å². The Balaban J connectivity index is 1.86. The molecule has 19 heavy (non-hydrogen) atoms. The van der Waals surface area contributed by atoms with Crippen LogP contribution in [-0.4, -0.2) is 31.1 Å². The summed E-state index contributed by atoms with van der Waals surface area (Å²) in [6, 6.07) is 7.48. The molecule has 2 nitrogen and oxygen atoms in total. The normalized spacial score (nSPS) is 22.4. The van der Waals surface area contributed by atoms with Crippen molar-refractivity contribution < 1.29 is 0 Å². The van der Waals surface area contributed by atoms with Gasteiger partial charge in [-0.15, -0.1) is 0 Å². The van der Waals surface area contributed by atoms with Crippen molar-refractivity contribution in [3.63, 3.8) is 0 Å². The van der Waals surface area contributed by atoms with Gasteiger partial charge in [-0.1, -0.05) is 31.0 Å². The van der Waals surface area contributed by atoms with Gasteiger partial charge in [0.05, 0.1) is 0 Å². The molecule has 0 bridgehead atoms. The molecular weight excluding hydrogens is 232 g/mol. The lowest BCUT2D eigenvalue weighted by molar-refractivity contribution is 0.160. The molecule has 0 spiro atoms. The van der Waals surface area contributed by atoms with Crippen LogP contribution in [0.4, 0.5) is 0 Å². The quantitative estimate of drug-likeness (QED) is 0.893. The largest absolute Gasteiger partial charge is 0.314 e. The Labute approximate surface area is 117 Å². The number of rotatable bonds is 4. The van der Waals surface area contributed by atoms with E-state index in [9.17, 15) is 0 Å². The molecule has 1 aromatic rings. The SMILES string of the molecule is Cc1cccc([C@H](CC2CC2)N2CCNCC2)c1C. The Morgan fingerprint density at radius 1 is 1.21 bits per heavy atom. The zero-order chi connectivity index (χ0) is 13.2. The van der Waals surface area contributed by atoms with E-state index >= 15 is 0 Å². The van der Waals surface area contributed by atoms with Crippen molar-refractivity contribution >= 4 is 0 Å². The number of nitrogens with zero attached hydrogens (tertiary/aromatic N) is 1. The van der Waals surface area contributed by atoms with Gasteiger partial charge < -0.3 is 5.32 Å². The van der Waals surface area contributed by atoms with Gasteiger partial charge in [0.2, 0.25) is 0 Å². The maximum atomic E-state index is 3.47. The van der Waals surface area contributed by atoms with E-state index < -0.39 is 0 Å². The molecule has 1 aromatic carbocycles. The summed E-state index contributed by atoms with van der Waals surface area (Å²) >= 11 is 0. The highest BCUT2D eigenvalue weighted by atomic mass is 15.2. The second-order valence-corrected chi connectivity index (χ2v) is 6.27. The van der Waals surface area contributed by atoms with Gasteiger partial charge in [0.1, 0.15) is 0 Å². The molecular formula is C17H26N2. The van der Waals surface area contributed by atoms with Crippen LogP contribution in [0.1, 0.15) is 42.0 Å². The summed E-state index contributed by atoms with van der Waals surface area (Å²) in [7, 11) is 0. The van der Waals surface area contributed by atoms with Crippen LogP contribution in [0.2, 0.25) is 0 Å². The Kier molecular flexibility index (Phi) is 3.90. The Morgan fingerprint density at radius 3 is 2.63 bits per heavy atom. The highest BCUT2D eigenvalue weighted by Crippen LogP contribution is 2.41. The van der Waals surface area contributed by atoms with Gasteiger partial charge in [0.15, 0.2) is 0 Å². The summed E-state index contributed by atoms with van der Waals surface area (Å²) in [6.07, 6.45) is 4.27. The molecule has 1 atom stereocenters. The molecule has 1 N–H and O–H groups in total. The van der Waals surface area contributed by atoms with Gasteiger partial charge in [-0.2, -0.15) is 0 Å². The predicted molar refractivity (Wildman–Crippen MR) is 80.4 cm³/mol. The molecule has 2 aliphatic rings. The summed E-state index contributed by atoms with van der Waals surface area (Å²) in [6.45, 7) is 9.23. The standard InChI is InChI=1S/C17H26N2/c1-13-4-3-5-16(14(13)2)17(12-15-6-7-15)19-10-8-18-9-11-19/h3-5,15,17-18H,6-12H2,1-2H3/t17-/m0/s1. The highest BCUT2D eigenvalue weighted by Gasteiger charge is 2.31. The van der Waals surface area contributed by atoms with E-state index in [0.29, 0.717) is 6.04 Å². The molecule has 1 saturated heterocycles. The minimum Gasteiger partial charge on any atom is -0.314 e. The Hall–Kier alpha value is -0.860. The molecule has 1 aliphatic carbocycles. The lowest BCUT2D eigenvalue weighted by Gasteiger charge is -2.36. The minimum absolute atomic E-state index is 0.648. The van der Waals surface area contributed by atoms with Gasteiger partial charge in [-0.05, 0) is 42.9 Å². The lowest BCUT2D eigenvalue weighted by atomic mass is 9.92. The number of benzene rings is 1. The maximum absolute atomic E-state index is 3.47. The molecule has 2 fully saturated rings. The number of hydrogen-bond acceptors (Lipinski definition) is 2. The van der Waals surface area contributed by atoms with Crippen molar-refractivity contribution in [3.05, 3.63) is 34.9 Å². The van der Waals surface area contributed by atoms with Gasteiger partial charge in [0, 0.05) is 32.2 Å². The van der Waals surface area contributed by atoms with Gasteiger partial charge in [0.25, 0.3) is 0 Å². The zero-order valence-electron chi connectivity index (χ0n) is 12.3. The van der Waals surface area contributed by atoms with Crippen LogP contribution in [0.3, 0.4) is 0 Å². The van der Waals surface area contributed by atoms with Crippen LogP contribution < -0.4 is 5.32 Å². The fraction of sp³-hybridized carbons (Fsp3) is 0.647. The van der Waals surface area contributed by atoms with Gasteiger partial charge in [-0.3, -0.25) is 4.90 Å². The van der Waals surface area contributed by atoms with Crippen LogP contribution in [0, 0.1) is 19.8 Å². The van der Waals surface area contributed by atoms with Crippen molar-refractivity contribution in [2.75, 3.05) is 26.2 Å². The molecule has 3 rings (SSSR count). The van der Waals surface area contributed by atoms with Crippen molar-refractivity contribution in [3.8, 4) is 0 Å². The fourth-order valence-electron chi connectivity index (χ4n) is 3.27. The molecule has 0 radical (unpaired) electrons. The fourth-order valence-corrected chi connectivity index (χ4v) is 3.27. The van der Waals surface area contributed by atoms with E-state index in [1.54, 1.807) is 5.56 Å². The first-order valence-electron chi connectivity index (χ1n) is 7.76. The lowest BCUT2D eigenvalue weighted by Crippen LogP contribution is -2.45. The van der Waals surface area contributed by atoms with E-state index in [1.165, 1.54) is 43.5 Å². The van der Waals surface area contributed by atoms with Gasteiger partial charge in [-0.25, -0.2) is 0 Å². The topological polar surface area (TPSA) is 15.3 Å². The minimum atomic E-state index is 0.648. The number of nitrogens with one attached hydrogen (secondary N) is 1. The summed E-state index contributed by atoms with van der Waals surface area (Å²) in [5.74, 6) is 0.986. The first kappa shape index (κ1) is 13.1. The molecule has 2 heteroatoms. The molecule has 1 saturated carbocycles. The van der Waals surface area contributed by atoms with Crippen LogP contribution in [0.5, 0.6) is 0 Å². The molecule has 0 amide bonds. The van der Waals surface area contributed by atoms with Crippen molar-refractivity contribution in [1.82, 2.24) is 10.2 Å². The molecule has 1 heterocycles. The monoisotopic (exact) mass is 258 g/mol. The van der Waals surface area contributed by atoms with Crippen molar-refractivity contribution in [2.45, 2.75) is 39.2 Å². The number of piperazine rings is 1. The number of hydrogen-bond donors (Lipinski definition) is 1. The Morgan fingerprint density at radius 2 is 1.95 bits per heavy atom. The van der Waals surface area contributed by atoms with Crippen LogP contribution in [0.15, 0.2) is 18.2 Å². The van der Waals surface area contributed by atoms with E-state index in [1.807, 2.05) is 0 Å². The predicted octanol–water partition coefficient (Wildman–Crippen LogP) is 3.05. The van der Waals surface area contributed by atoms with E-state index in [2.05, 4.69) is 42.3 Å². The summed E-state index contributed by atoms with van der Waals surface area (Å²) in [4.78, 5) is 2.70. The third kappa shape index (κ3) is 3.01. The van der Waals surface area contributed by atoms with Crippen LogP contribution >= 0.6 is 0 Å². The summed E-state index contributed by atoms with van der Waals surface area (Å²) in [5, 5.41) is 3.47. The second kappa shape index (κ2) is 5.64. The second-order valence-electron chi connectivity index (χ2n) is 6.27. The Bertz CT molecular complexity index is 431. The smallest absolute Gasteiger partial charge is 0.0354 e. The number of aryl methyl sites for hydroxylation is 1. The van der Waals surface area contributed by atoms with Crippen LogP contribution in [0.25, 0.3) is 0 Å². The first-order valence-corrected chi connectivity index (χ1v) is 7.76. The van der Waals surface area contributed by atoms with Crippen molar-refractivity contribution in [2.24, 2.45) is 5.92 Å². The molecule has 104 valence electrons. The molecule has 1 aliphatic heterocycles. The highest BCUT2D eigenvalue weighted by molar-refractivity contribution is 5.35. The van der Waals surface area contributed by atoms with E-state index in [4.69, 9.17) is 0 Å². The van der Waals surface area contributed by atoms with Gasteiger partial charge >= 0.3 is 0 Å². The first-order chi connectivity index (χ1) is 9.25. The summed E-state index contributed by atoms with van der Waals surface area (Å²) < 4.78 is 0. The average molecular weight is 258 g/mol. The van der Waals surface area contributed by atoms with Crippen molar-refractivity contribution in [1.29, 1.82) is 0 Å². The third-order valence-electron chi connectivity index (χ3n) is 4.85. The average Bonchev–Trinajstić information content (AvgIpc) is 3.25. The molecule has 0 aromatic heterocycles. The van der Waals surface area contributed by atoms with Crippen LogP contribution in [-0.2, 0) is 0 Å². The molecule has 0 unspecified atom stereocenters. The zero-order valence-corrected chi connectivity index (χ0v) is 12.3.